The first-order chi connectivity index (χ1) is 7.75. The van der Waals surface area contributed by atoms with E-state index in [9.17, 15) is 0 Å². The normalized spacial score (nSPS) is 26.4. The van der Waals surface area contributed by atoms with Gasteiger partial charge in [-0.2, -0.15) is 0 Å². The molecule has 2 rings (SSSR count). The van der Waals surface area contributed by atoms with Crippen LogP contribution in [0, 0.1) is 11.8 Å². The molecule has 1 aliphatic heterocycles. The van der Waals surface area contributed by atoms with Gasteiger partial charge in [0, 0.05) is 37.6 Å². The topological polar surface area (TPSA) is 15.3 Å². The van der Waals surface area contributed by atoms with Crippen molar-refractivity contribution in [2.24, 2.45) is 11.8 Å². The van der Waals surface area contributed by atoms with Gasteiger partial charge in [-0.15, -0.1) is 11.3 Å². The average Bonchev–Trinajstić information content (AvgIpc) is 2.85. The standard InChI is InChI=1S/C13H22N2S/c1-11-9-15(10-12(11)2)6-5-14-8-13-4-3-7-16-13/h3-4,7,11-12,14H,5-6,8-10H2,1-2H3. The summed E-state index contributed by atoms with van der Waals surface area (Å²) in [5, 5.41) is 5.65. The molecule has 0 bridgehead atoms. The van der Waals surface area contributed by atoms with E-state index in [0.717, 1.165) is 24.9 Å². The highest BCUT2D eigenvalue weighted by Crippen LogP contribution is 2.21. The van der Waals surface area contributed by atoms with Crippen LogP contribution in [0.3, 0.4) is 0 Å². The molecule has 0 aromatic carbocycles. The van der Waals surface area contributed by atoms with E-state index in [-0.39, 0.29) is 0 Å². The first kappa shape index (κ1) is 12.1. The number of nitrogens with one attached hydrogen (secondary N) is 1. The molecule has 0 spiro atoms. The first-order valence-electron chi connectivity index (χ1n) is 6.21. The van der Waals surface area contributed by atoms with Crippen molar-refractivity contribution in [3.8, 4) is 0 Å². The molecule has 2 nitrogen and oxygen atoms in total. The predicted molar refractivity (Wildman–Crippen MR) is 70.8 cm³/mol. The van der Waals surface area contributed by atoms with Gasteiger partial charge in [-0.3, -0.25) is 0 Å². The molecular weight excluding hydrogens is 216 g/mol. The van der Waals surface area contributed by atoms with Crippen molar-refractivity contribution in [2.75, 3.05) is 26.2 Å². The molecule has 90 valence electrons. The molecule has 1 aromatic heterocycles. The van der Waals surface area contributed by atoms with Gasteiger partial charge in [0.1, 0.15) is 0 Å². The van der Waals surface area contributed by atoms with Gasteiger partial charge in [-0.1, -0.05) is 19.9 Å². The van der Waals surface area contributed by atoms with Gasteiger partial charge in [0.15, 0.2) is 0 Å². The minimum Gasteiger partial charge on any atom is -0.311 e. The van der Waals surface area contributed by atoms with E-state index in [2.05, 4.69) is 41.6 Å². The van der Waals surface area contributed by atoms with E-state index < -0.39 is 0 Å². The Morgan fingerprint density at radius 3 is 2.75 bits per heavy atom. The molecule has 0 aliphatic carbocycles. The van der Waals surface area contributed by atoms with Crippen molar-refractivity contribution in [3.05, 3.63) is 22.4 Å². The highest BCUT2D eigenvalue weighted by Gasteiger charge is 2.24. The van der Waals surface area contributed by atoms with Crippen molar-refractivity contribution in [1.82, 2.24) is 10.2 Å². The van der Waals surface area contributed by atoms with E-state index in [1.54, 1.807) is 0 Å². The fourth-order valence-corrected chi connectivity index (χ4v) is 2.97. The molecule has 1 saturated heterocycles. The minimum atomic E-state index is 0.872. The van der Waals surface area contributed by atoms with Crippen LogP contribution >= 0.6 is 11.3 Å². The van der Waals surface area contributed by atoms with Crippen LogP contribution in [0.5, 0.6) is 0 Å². The van der Waals surface area contributed by atoms with Gasteiger partial charge >= 0.3 is 0 Å². The fourth-order valence-electron chi connectivity index (χ4n) is 2.29. The molecule has 1 aliphatic rings. The number of hydrogen-bond acceptors (Lipinski definition) is 3. The third kappa shape index (κ3) is 3.30. The van der Waals surface area contributed by atoms with Crippen molar-refractivity contribution in [2.45, 2.75) is 20.4 Å². The van der Waals surface area contributed by atoms with Gasteiger partial charge in [-0.05, 0) is 23.3 Å². The molecule has 16 heavy (non-hydrogen) atoms. The van der Waals surface area contributed by atoms with E-state index in [4.69, 9.17) is 0 Å². The molecule has 1 N–H and O–H groups in total. The summed E-state index contributed by atoms with van der Waals surface area (Å²) in [6.45, 7) is 10.6. The SMILES string of the molecule is CC1CN(CCNCc2cccs2)CC1C. The van der Waals surface area contributed by atoms with E-state index in [1.807, 2.05) is 11.3 Å². The molecule has 1 aromatic rings. The Morgan fingerprint density at radius 1 is 1.38 bits per heavy atom. The maximum absolute atomic E-state index is 3.51. The summed E-state index contributed by atoms with van der Waals surface area (Å²) in [6.07, 6.45) is 0. The zero-order valence-corrected chi connectivity index (χ0v) is 11.1. The highest BCUT2D eigenvalue weighted by molar-refractivity contribution is 7.09. The minimum absolute atomic E-state index is 0.872. The molecule has 0 radical (unpaired) electrons. The Labute approximate surface area is 103 Å². The van der Waals surface area contributed by atoms with Gasteiger partial charge in [-0.25, -0.2) is 0 Å². The van der Waals surface area contributed by atoms with E-state index in [0.29, 0.717) is 0 Å². The number of thiophene rings is 1. The van der Waals surface area contributed by atoms with Crippen LogP contribution in [0.4, 0.5) is 0 Å². The lowest BCUT2D eigenvalue weighted by molar-refractivity contribution is 0.321. The van der Waals surface area contributed by atoms with Crippen molar-refractivity contribution in [3.63, 3.8) is 0 Å². The van der Waals surface area contributed by atoms with Crippen LogP contribution in [0.15, 0.2) is 17.5 Å². The Bertz CT molecular complexity index is 287. The number of hydrogen-bond donors (Lipinski definition) is 1. The van der Waals surface area contributed by atoms with Crippen molar-refractivity contribution in [1.29, 1.82) is 0 Å². The summed E-state index contributed by atoms with van der Waals surface area (Å²) < 4.78 is 0. The molecular formula is C13H22N2S. The van der Waals surface area contributed by atoms with Crippen molar-refractivity contribution < 1.29 is 0 Å². The second-order valence-electron chi connectivity index (χ2n) is 4.97. The first-order valence-corrected chi connectivity index (χ1v) is 7.09. The average molecular weight is 238 g/mol. The lowest BCUT2D eigenvalue weighted by atomic mass is 10.0. The molecule has 2 atom stereocenters. The van der Waals surface area contributed by atoms with Gasteiger partial charge < -0.3 is 10.2 Å². The maximum Gasteiger partial charge on any atom is 0.0300 e. The lowest BCUT2D eigenvalue weighted by Gasteiger charge is -2.15. The summed E-state index contributed by atoms with van der Waals surface area (Å²) in [6, 6.07) is 4.31. The molecule has 1 fully saturated rings. The van der Waals surface area contributed by atoms with Crippen LogP contribution in [0.2, 0.25) is 0 Å². The molecule has 2 unspecified atom stereocenters. The third-order valence-electron chi connectivity index (χ3n) is 3.55. The second-order valence-corrected chi connectivity index (χ2v) is 6.00. The summed E-state index contributed by atoms with van der Waals surface area (Å²) in [5.74, 6) is 1.74. The molecule has 3 heteroatoms. The lowest BCUT2D eigenvalue weighted by Crippen LogP contribution is -2.30. The summed E-state index contributed by atoms with van der Waals surface area (Å²) in [7, 11) is 0. The second kappa shape index (κ2) is 5.80. The molecule has 0 saturated carbocycles. The highest BCUT2D eigenvalue weighted by atomic mass is 32.1. The molecule has 0 amide bonds. The Hall–Kier alpha value is -0.380. The Morgan fingerprint density at radius 2 is 2.12 bits per heavy atom. The summed E-state index contributed by atoms with van der Waals surface area (Å²) in [4.78, 5) is 4.01. The largest absolute Gasteiger partial charge is 0.311 e. The van der Waals surface area contributed by atoms with Crippen LogP contribution in [0.1, 0.15) is 18.7 Å². The van der Waals surface area contributed by atoms with Gasteiger partial charge in [0.25, 0.3) is 0 Å². The Kier molecular flexibility index (Phi) is 4.38. The third-order valence-corrected chi connectivity index (χ3v) is 4.42. The monoisotopic (exact) mass is 238 g/mol. The summed E-state index contributed by atoms with van der Waals surface area (Å²) in [5.41, 5.74) is 0. The quantitative estimate of drug-likeness (QED) is 0.793. The Balaban J connectivity index is 1.59. The van der Waals surface area contributed by atoms with Crippen LogP contribution < -0.4 is 5.32 Å². The zero-order chi connectivity index (χ0) is 11.4. The van der Waals surface area contributed by atoms with E-state index >= 15 is 0 Å². The van der Waals surface area contributed by atoms with Crippen LogP contribution in [0.25, 0.3) is 0 Å². The van der Waals surface area contributed by atoms with Crippen molar-refractivity contribution >= 4 is 11.3 Å². The van der Waals surface area contributed by atoms with Gasteiger partial charge in [0.05, 0.1) is 0 Å². The summed E-state index contributed by atoms with van der Waals surface area (Å²) >= 11 is 1.83. The fraction of sp³-hybridized carbons (Fsp3) is 0.692. The van der Waals surface area contributed by atoms with Crippen LogP contribution in [-0.4, -0.2) is 31.1 Å². The van der Waals surface area contributed by atoms with Gasteiger partial charge in [0.2, 0.25) is 0 Å². The smallest absolute Gasteiger partial charge is 0.0300 e. The number of rotatable bonds is 5. The number of nitrogens with zero attached hydrogens (tertiary/aromatic N) is 1. The van der Waals surface area contributed by atoms with E-state index in [1.165, 1.54) is 24.5 Å². The predicted octanol–water partition coefficient (Wildman–Crippen LogP) is 2.43. The number of likely N-dealkylation sites (tertiary alicyclic amines) is 1. The maximum atomic E-state index is 3.51. The van der Waals surface area contributed by atoms with Crippen LogP contribution in [-0.2, 0) is 6.54 Å². The molecule has 2 heterocycles. The zero-order valence-electron chi connectivity index (χ0n) is 10.3.